The van der Waals surface area contributed by atoms with Crippen molar-refractivity contribution in [2.75, 3.05) is 19.7 Å². The van der Waals surface area contributed by atoms with Crippen LogP contribution in [0.15, 0.2) is 24.3 Å². The van der Waals surface area contributed by atoms with E-state index in [9.17, 15) is 9.90 Å². The summed E-state index contributed by atoms with van der Waals surface area (Å²) in [7, 11) is 0. The number of hydrogen-bond donors (Lipinski definition) is 2. The molecular weight excluding hydrogens is 304 g/mol. The molecule has 1 aromatic rings. The molecule has 0 bridgehead atoms. The normalized spacial score (nSPS) is 29.0. The van der Waals surface area contributed by atoms with Gasteiger partial charge >= 0.3 is 6.03 Å². The summed E-state index contributed by atoms with van der Waals surface area (Å²) in [6, 6.07) is 7.89. The Balaban J connectivity index is 1.52. The van der Waals surface area contributed by atoms with Gasteiger partial charge in [0.15, 0.2) is 0 Å². The molecule has 2 N–H and O–H groups in total. The van der Waals surface area contributed by atoms with Crippen molar-refractivity contribution in [2.24, 2.45) is 0 Å². The molecule has 4 atom stereocenters. The first kappa shape index (κ1) is 15.6. The summed E-state index contributed by atoms with van der Waals surface area (Å²) in [5, 5.41) is 13.4. The van der Waals surface area contributed by atoms with Gasteiger partial charge in [0.1, 0.15) is 6.10 Å². The first-order valence-corrected chi connectivity index (χ1v) is 8.03. The summed E-state index contributed by atoms with van der Waals surface area (Å²) in [5.41, 5.74) is 1.21. The Morgan fingerprint density at radius 2 is 2.18 bits per heavy atom. The molecule has 2 amide bonds. The van der Waals surface area contributed by atoms with Crippen LogP contribution in [0.5, 0.6) is 0 Å². The van der Waals surface area contributed by atoms with Crippen LogP contribution in [0.4, 0.5) is 4.79 Å². The van der Waals surface area contributed by atoms with E-state index in [1.807, 2.05) is 24.3 Å². The van der Waals surface area contributed by atoms with Gasteiger partial charge in [-0.05, 0) is 31.0 Å². The second kappa shape index (κ2) is 6.44. The number of hydrogen-bond acceptors (Lipinski definition) is 3. The number of carbonyl (C=O) groups excluding carboxylic acids is 1. The van der Waals surface area contributed by atoms with Gasteiger partial charge in [-0.3, -0.25) is 0 Å². The fourth-order valence-corrected chi connectivity index (χ4v) is 2.96. The van der Waals surface area contributed by atoms with Crippen LogP contribution < -0.4 is 5.32 Å². The average Bonchev–Trinajstić information content (AvgIpc) is 3.27. The minimum atomic E-state index is -0.571. The van der Waals surface area contributed by atoms with Crippen molar-refractivity contribution in [1.82, 2.24) is 10.2 Å². The van der Waals surface area contributed by atoms with E-state index in [4.69, 9.17) is 16.3 Å². The van der Waals surface area contributed by atoms with E-state index in [1.165, 1.54) is 5.56 Å². The maximum absolute atomic E-state index is 12.3. The Labute approximate surface area is 135 Å². The number of aliphatic hydroxyl groups excluding tert-OH is 1. The van der Waals surface area contributed by atoms with Gasteiger partial charge in [-0.1, -0.05) is 23.7 Å². The molecule has 120 valence electrons. The van der Waals surface area contributed by atoms with Crippen LogP contribution in [0.3, 0.4) is 0 Å². The van der Waals surface area contributed by atoms with Crippen molar-refractivity contribution < 1.29 is 14.6 Å². The third-order valence-corrected chi connectivity index (χ3v) is 4.57. The summed E-state index contributed by atoms with van der Waals surface area (Å²) in [6.07, 6.45) is 0.0847. The van der Waals surface area contributed by atoms with Crippen LogP contribution in [0.2, 0.25) is 5.02 Å². The lowest BCUT2D eigenvalue weighted by molar-refractivity contribution is -0.0720. The number of nitrogens with zero attached hydrogens (tertiary/aromatic N) is 1. The van der Waals surface area contributed by atoms with Crippen molar-refractivity contribution in [3.8, 4) is 0 Å². The zero-order chi connectivity index (χ0) is 15.7. The predicted octanol–water partition coefficient (Wildman–Crippen LogP) is 1.99. The highest BCUT2D eigenvalue weighted by Crippen LogP contribution is 2.41. The van der Waals surface area contributed by atoms with Crippen molar-refractivity contribution in [2.45, 2.75) is 37.5 Å². The highest BCUT2D eigenvalue weighted by atomic mass is 35.5. The SMILES string of the molecule is CC(O)C1CN(C(=O)N[C@@H]2C[C@H]2c2ccc(Cl)cc2)CCO1. The van der Waals surface area contributed by atoms with Crippen LogP contribution >= 0.6 is 11.6 Å². The summed E-state index contributed by atoms with van der Waals surface area (Å²) >= 11 is 5.89. The number of urea groups is 1. The molecule has 1 aliphatic carbocycles. The van der Waals surface area contributed by atoms with Gasteiger partial charge < -0.3 is 20.1 Å². The third-order valence-electron chi connectivity index (χ3n) is 4.32. The van der Waals surface area contributed by atoms with E-state index in [1.54, 1.807) is 11.8 Å². The molecule has 1 aromatic carbocycles. The van der Waals surface area contributed by atoms with Crippen molar-refractivity contribution >= 4 is 17.6 Å². The highest BCUT2D eigenvalue weighted by Gasteiger charge is 2.40. The van der Waals surface area contributed by atoms with Gasteiger partial charge in [0, 0.05) is 23.5 Å². The highest BCUT2D eigenvalue weighted by molar-refractivity contribution is 6.30. The van der Waals surface area contributed by atoms with Crippen LogP contribution in [0.1, 0.15) is 24.8 Å². The fraction of sp³-hybridized carbons (Fsp3) is 0.562. The van der Waals surface area contributed by atoms with Crippen molar-refractivity contribution in [1.29, 1.82) is 0 Å². The Kier molecular flexibility index (Phi) is 4.57. The number of carbonyl (C=O) groups is 1. The Morgan fingerprint density at radius 3 is 2.86 bits per heavy atom. The van der Waals surface area contributed by atoms with Crippen molar-refractivity contribution in [3.63, 3.8) is 0 Å². The quantitative estimate of drug-likeness (QED) is 0.894. The summed E-state index contributed by atoms with van der Waals surface area (Å²) in [5.74, 6) is 0.370. The molecule has 3 rings (SSSR count). The Hall–Kier alpha value is -1.30. The molecule has 2 unspecified atom stereocenters. The zero-order valence-corrected chi connectivity index (χ0v) is 13.3. The molecule has 5 nitrogen and oxygen atoms in total. The summed E-state index contributed by atoms with van der Waals surface area (Å²) in [4.78, 5) is 14.0. The van der Waals surface area contributed by atoms with E-state index in [2.05, 4.69) is 5.32 Å². The lowest BCUT2D eigenvalue weighted by Gasteiger charge is -2.34. The first-order valence-electron chi connectivity index (χ1n) is 7.65. The third kappa shape index (κ3) is 3.54. The van der Waals surface area contributed by atoms with Gasteiger partial charge in [0.2, 0.25) is 0 Å². The van der Waals surface area contributed by atoms with Crippen LogP contribution in [-0.4, -0.2) is 54.0 Å². The smallest absolute Gasteiger partial charge is 0.317 e. The molecule has 2 aliphatic rings. The number of benzene rings is 1. The van der Waals surface area contributed by atoms with E-state index in [0.29, 0.717) is 25.6 Å². The second-order valence-electron chi connectivity index (χ2n) is 6.05. The van der Waals surface area contributed by atoms with E-state index in [0.717, 1.165) is 11.4 Å². The number of nitrogens with one attached hydrogen (secondary N) is 1. The van der Waals surface area contributed by atoms with Crippen LogP contribution in [-0.2, 0) is 4.74 Å². The zero-order valence-electron chi connectivity index (χ0n) is 12.5. The fourth-order valence-electron chi connectivity index (χ4n) is 2.83. The summed E-state index contributed by atoms with van der Waals surface area (Å²) in [6.45, 7) is 3.15. The maximum Gasteiger partial charge on any atom is 0.317 e. The Morgan fingerprint density at radius 1 is 1.45 bits per heavy atom. The molecule has 1 saturated heterocycles. The van der Waals surface area contributed by atoms with Crippen molar-refractivity contribution in [3.05, 3.63) is 34.9 Å². The van der Waals surface area contributed by atoms with Gasteiger partial charge in [-0.2, -0.15) is 0 Å². The number of morpholine rings is 1. The number of halogens is 1. The molecule has 0 aromatic heterocycles. The van der Waals surface area contributed by atoms with Crippen LogP contribution in [0.25, 0.3) is 0 Å². The standard InChI is InChI=1S/C16H21ClN2O3/c1-10(20)15-9-19(6-7-22-15)16(21)18-14-8-13(14)11-2-4-12(17)5-3-11/h2-5,10,13-15,20H,6-9H2,1H3,(H,18,21)/t10?,13-,14+,15?/m0/s1. The molecule has 2 fully saturated rings. The van der Waals surface area contributed by atoms with Crippen LogP contribution in [0, 0.1) is 0 Å². The second-order valence-corrected chi connectivity index (χ2v) is 6.48. The predicted molar refractivity (Wildman–Crippen MR) is 84.1 cm³/mol. The molecule has 6 heteroatoms. The lowest BCUT2D eigenvalue weighted by Crippen LogP contribution is -2.52. The van der Waals surface area contributed by atoms with E-state index >= 15 is 0 Å². The molecule has 22 heavy (non-hydrogen) atoms. The number of ether oxygens (including phenoxy) is 1. The molecule has 1 aliphatic heterocycles. The number of aliphatic hydroxyl groups is 1. The lowest BCUT2D eigenvalue weighted by atomic mass is 10.1. The van der Waals surface area contributed by atoms with E-state index in [-0.39, 0.29) is 18.2 Å². The van der Waals surface area contributed by atoms with Gasteiger partial charge in [-0.25, -0.2) is 4.79 Å². The first-order chi connectivity index (χ1) is 10.5. The van der Waals surface area contributed by atoms with E-state index < -0.39 is 6.10 Å². The Bertz CT molecular complexity index is 535. The average molecular weight is 325 g/mol. The van der Waals surface area contributed by atoms with Gasteiger partial charge in [0.25, 0.3) is 0 Å². The minimum absolute atomic E-state index is 0.0737. The number of rotatable bonds is 3. The molecule has 1 saturated carbocycles. The topological polar surface area (TPSA) is 61.8 Å². The largest absolute Gasteiger partial charge is 0.391 e. The molecule has 0 radical (unpaired) electrons. The monoisotopic (exact) mass is 324 g/mol. The maximum atomic E-state index is 12.3. The molecular formula is C16H21ClN2O3. The number of amides is 2. The molecule has 0 spiro atoms. The van der Waals surface area contributed by atoms with Gasteiger partial charge in [-0.15, -0.1) is 0 Å². The molecule has 1 heterocycles. The van der Waals surface area contributed by atoms with Gasteiger partial charge in [0.05, 0.1) is 19.3 Å². The summed E-state index contributed by atoms with van der Waals surface area (Å²) < 4.78 is 5.46. The minimum Gasteiger partial charge on any atom is -0.391 e.